The van der Waals surface area contributed by atoms with Gasteiger partial charge in [-0.3, -0.25) is 9.59 Å². The molecule has 0 atom stereocenters. The fourth-order valence-corrected chi connectivity index (χ4v) is 3.99. The Morgan fingerprint density at radius 1 is 0.474 bits per heavy atom. The van der Waals surface area contributed by atoms with Gasteiger partial charge in [0.2, 0.25) is 0 Å². The largest absolute Gasteiger partial charge is 0.369 e. The Hall–Kier alpha value is -4.26. The second-order valence-corrected chi connectivity index (χ2v) is 8.71. The number of carbonyl (C=O) groups is 2. The van der Waals surface area contributed by atoms with E-state index in [-0.39, 0.29) is 38.2 Å². The highest BCUT2D eigenvalue weighted by Crippen LogP contribution is 2.18. The van der Waals surface area contributed by atoms with Gasteiger partial charge in [0.15, 0.2) is 0 Å². The van der Waals surface area contributed by atoms with E-state index in [9.17, 15) is 9.59 Å². The first-order valence-corrected chi connectivity index (χ1v) is 12.6. The van der Waals surface area contributed by atoms with Crippen LogP contribution < -0.4 is 9.80 Å². The summed E-state index contributed by atoms with van der Waals surface area (Å²) < 4.78 is 11.2. The predicted octanol–water partition coefficient (Wildman–Crippen LogP) is 5.49. The summed E-state index contributed by atoms with van der Waals surface area (Å²) in [6, 6.07) is 38.8. The molecule has 0 aliphatic rings. The summed E-state index contributed by atoms with van der Waals surface area (Å²) in [4.78, 5) is 29.4. The van der Waals surface area contributed by atoms with Crippen LogP contribution in [-0.2, 0) is 32.2 Å². The van der Waals surface area contributed by atoms with Crippen LogP contribution in [0.1, 0.15) is 11.1 Å². The highest BCUT2D eigenvalue weighted by Gasteiger charge is 2.18. The molecular weight excluding hydrogens is 476 g/mol. The van der Waals surface area contributed by atoms with Crippen LogP contribution >= 0.6 is 0 Å². The Morgan fingerprint density at radius 3 is 1.13 bits per heavy atom. The molecule has 0 spiro atoms. The SMILES string of the molecule is O=C(COCCOCC(=O)N(Cc1ccccc1)c1ccccc1)N(Cc1ccccc1)c1ccccc1. The smallest absolute Gasteiger partial charge is 0.253 e. The minimum Gasteiger partial charge on any atom is -0.369 e. The van der Waals surface area contributed by atoms with Crippen molar-refractivity contribution in [3.63, 3.8) is 0 Å². The lowest BCUT2D eigenvalue weighted by atomic mass is 10.2. The van der Waals surface area contributed by atoms with Crippen LogP contribution in [0.5, 0.6) is 0 Å². The van der Waals surface area contributed by atoms with E-state index in [1.54, 1.807) is 9.80 Å². The summed E-state index contributed by atoms with van der Waals surface area (Å²) in [5.74, 6) is -0.288. The third-order valence-corrected chi connectivity index (χ3v) is 5.93. The van der Waals surface area contributed by atoms with Crippen LogP contribution in [-0.4, -0.2) is 38.2 Å². The number of carbonyl (C=O) groups excluding carboxylic acids is 2. The summed E-state index contributed by atoms with van der Waals surface area (Å²) >= 11 is 0. The van der Waals surface area contributed by atoms with E-state index in [4.69, 9.17) is 9.47 Å². The van der Waals surface area contributed by atoms with Crippen molar-refractivity contribution in [3.8, 4) is 0 Å². The van der Waals surface area contributed by atoms with Crippen molar-refractivity contribution in [3.05, 3.63) is 132 Å². The van der Waals surface area contributed by atoms with Crippen molar-refractivity contribution in [2.24, 2.45) is 0 Å². The molecule has 38 heavy (non-hydrogen) atoms. The van der Waals surface area contributed by atoms with Gasteiger partial charge in [-0.15, -0.1) is 0 Å². The first-order chi connectivity index (χ1) is 18.7. The van der Waals surface area contributed by atoms with Crippen molar-refractivity contribution < 1.29 is 19.1 Å². The fraction of sp³-hybridized carbons (Fsp3) is 0.188. The Bertz CT molecular complexity index is 1150. The number of para-hydroxylation sites is 2. The van der Waals surface area contributed by atoms with Crippen LogP contribution in [0, 0.1) is 0 Å². The van der Waals surface area contributed by atoms with E-state index < -0.39 is 0 Å². The highest BCUT2D eigenvalue weighted by atomic mass is 16.5. The average molecular weight is 509 g/mol. The normalized spacial score (nSPS) is 10.6. The quantitative estimate of drug-likeness (QED) is 0.224. The van der Waals surface area contributed by atoms with E-state index in [1.807, 2.05) is 121 Å². The lowest BCUT2D eigenvalue weighted by Crippen LogP contribution is -2.35. The number of benzene rings is 4. The number of hydrogen-bond donors (Lipinski definition) is 0. The average Bonchev–Trinajstić information content (AvgIpc) is 2.98. The molecule has 0 saturated heterocycles. The molecule has 4 aromatic rings. The van der Waals surface area contributed by atoms with E-state index in [2.05, 4.69) is 0 Å². The molecule has 0 aromatic heterocycles. The van der Waals surface area contributed by atoms with Gasteiger partial charge in [-0.05, 0) is 35.4 Å². The molecule has 0 bridgehead atoms. The van der Waals surface area contributed by atoms with Crippen LogP contribution in [0.2, 0.25) is 0 Å². The molecule has 194 valence electrons. The predicted molar refractivity (Wildman–Crippen MR) is 150 cm³/mol. The van der Waals surface area contributed by atoms with Crippen LogP contribution in [0.3, 0.4) is 0 Å². The number of anilines is 2. The molecule has 0 saturated carbocycles. The number of hydrogen-bond acceptors (Lipinski definition) is 4. The first-order valence-electron chi connectivity index (χ1n) is 12.6. The number of ether oxygens (including phenoxy) is 2. The number of amides is 2. The molecule has 6 heteroatoms. The Kier molecular flexibility index (Phi) is 10.2. The van der Waals surface area contributed by atoms with Gasteiger partial charge < -0.3 is 19.3 Å². The maximum absolute atomic E-state index is 13.0. The van der Waals surface area contributed by atoms with Gasteiger partial charge in [-0.1, -0.05) is 97.1 Å². The molecule has 0 heterocycles. The number of rotatable bonds is 13. The lowest BCUT2D eigenvalue weighted by molar-refractivity contribution is -0.126. The highest BCUT2D eigenvalue weighted by molar-refractivity contribution is 5.94. The zero-order chi connectivity index (χ0) is 26.4. The zero-order valence-corrected chi connectivity index (χ0v) is 21.3. The van der Waals surface area contributed by atoms with Crippen molar-refractivity contribution in [2.75, 3.05) is 36.2 Å². The molecule has 0 aliphatic heterocycles. The van der Waals surface area contributed by atoms with Gasteiger partial charge in [-0.25, -0.2) is 0 Å². The number of nitrogens with zero attached hydrogens (tertiary/aromatic N) is 2. The second-order valence-electron chi connectivity index (χ2n) is 8.71. The molecular formula is C32H32N2O4. The zero-order valence-electron chi connectivity index (χ0n) is 21.3. The van der Waals surface area contributed by atoms with Gasteiger partial charge in [0, 0.05) is 11.4 Å². The fourth-order valence-electron chi connectivity index (χ4n) is 3.99. The maximum Gasteiger partial charge on any atom is 0.253 e. The van der Waals surface area contributed by atoms with Gasteiger partial charge in [0.1, 0.15) is 13.2 Å². The Morgan fingerprint density at radius 2 is 0.789 bits per heavy atom. The third-order valence-electron chi connectivity index (χ3n) is 5.93. The van der Waals surface area contributed by atoms with Crippen molar-refractivity contribution in [1.29, 1.82) is 0 Å². The second kappa shape index (κ2) is 14.5. The minimum absolute atomic E-state index is 0.0802. The van der Waals surface area contributed by atoms with Crippen molar-refractivity contribution in [2.45, 2.75) is 13.1 Å². The first kappa shape index (κ1) is 26.8. The van der Waals surface area contributed by atoms with Crippen LogP contribution in [0.25, 0.3) is 0 Å². The van der Waals surface area contributed by atoms with Crippen LogP contribution in [0.4, 0.5) is 11.4 Å². The molecule has 6 nitrogen and oxygen atoms in total. The Balaban J connectivity index is 1.25. The van der Waals surface area contributed by atoms with E-state index in [1.165, 1.54) is 0 Å². The summed E-state index contributed by atoms with van der Waals surface area (Å²) in [5, 5.41) is 0. The summed E-state index contributed by atoms with van der Waals surface area (Å²) in [7, 11) is 0. The molecule has 2 amide bonds. The van der Waals surface area contributed by atoms with Crippen LogP contribution in [0.15, 0.2) is 121 Å². The van der Waals surface area contributed by atoms with Gasteiger partial charge in [0.25, 0.3) is 11.8 Å². The maximum atomic E-state index is 13.0. The molecule has 0 radical (unpaired) electrons. The molecule has 0 N–H and O–H groups in total. The summed E-state index contributed by atoms with van der Waals surface area (Å²) in [6.45, 7) is 1.16. The van der Waals surface area contributed by atoms with E-state index in [0.717, 1.165) is 22.5 Å². The standard InChI is InChI=1S/C32H32N2O4/c35-31(33(29-17-9-3-10-18-29)23-27-13-5-1-6-14-27)25-37-21-22-38-26-32(36)34(30-19-11-4-12-20-30)24-28-15-7-2-8-16-28/h1-20H,21-26H2. The molecule has 0 aliphatic carbocycles. The van der Waals surface area contributed by atoms with Gasteiger partial charge >= 0.3 is 0 Å². The minimum atomic E-state index is -0.144. The molecule has 4 aromatic carbocycles. The summed E-state index contributed by atoms with van der Waals surface area (Å²) in [5.41, 5.74) is 3.69. The van der Waals surface area contributed by atoms with E-state index in [0.29, 0.717) is 13.1 Å². The van der Waals surface area contributed by atoms with Gasteiger partial charge in [0.05, 0.1) is 26.3 Å². The third kappa shape index (κ3) is 8.13. The molecule has 0 fully saturated rings. The molecule has 0 unspecified atom stereocenters. The topological polar surface area (TPSA) is 59.1 Å². The van der Waals surface area contributed by atoms with Gasteiger partial charge in [-0.2, -0.15) is 0 Å². The summed E-state index contributed by atoms with van der Waals surface area (Å²) in [6.07, 6.45) is 0. The van der Waals surface area contributed by atoms with Crippen molar-refractivity contribution >= 4 is 23.2 Å². The molecule has 4 rings (SSSR count). The monoisotopic (exact) mass is 508 g/mol. The Labute approximate surface area is 224 Å². The van der Waals surface area contributed by atoms with E-state index >= 15 is 0 Å². The lowest BCUT2D eigenvalue weighted by Gasteiger charge is -2.23. The van der Waals surface area contributed by atoms with Crippen molar-refractivity contribution in [1.82, 2.24) is 0 Å².